The van der Waals surface area contributed by atoms with Gasteiger partial charge in [0.05, 0.1) is 5.92 Å². The second-order valence-corrected chi connectivity index (χ2v) is 5.29. The third kappa shape index (κ3) is 3.78. The molecule has 1 aliphatic rings. The third-order valence-electron chi connectivity index (χ3n) is 3.81. The fraction of sp³-hybridized carbons (Fsp3) is 0.923. The van der Waals surface area contributed by atoms with Crippen molar-refractivity contribution in [2.24, 2.45) is 23.7 Å². The van der Waals surface area contributed by atoms with Gasteiger partial charge < -0.3 is 9.84 Å². The Hall–Kier alpha value is -0.570. The zero-order chi connectivity index (χ0) is 12.1. The van der Waals surface area contributed by atoms with Crippen LogP contribution in [0.15, 0.2) is 0 Å². The van der Waals surface area contributed by atoms with Crippen LogP contribution in [0.1, 0.15) is 40.0 Å². The first kappa shape index (κ1) is 13.5. The minimum atomic E-state index is -0.637. The van der Waals surface area contributed by atoms with Crippen molar-refractivity contribution in [1.82, 2.24) is 0 Å². The van der Waals surface area contributed by atoms with Crippen LogP contribution in [-0.4, -0.2) is 24.3 Å². The van der Waals surface area contributed by atoms with Crippen LogP contribution >= 0.6 is 0 Å². The minimum absolute atomic E-state index is 0.183. The Morgan fingerprint density at radius 3 is 2.69 bits per heavy atom. The van der Waals surface area contributed by atoms with E-state index in [0.717, 1.165) is 25.9 Å². The van der Waals surface area contributed by atoms with Crippen LogP contribution in [0.2, 0.25) is 0 Å². The molecule has 1 aliphatic heterocycles. The summed E-state index contributed by atoms with van der Waals surface area (Å²) in [5.41, 5.74) is 0. The van der Waals surface area contributed by atoms with Crippen molar-refractivity contribution in [3.05, 3.63) is 0 Å². The van der Waals surface area contributed by atoms with Crippen molar-refractivity contribution < 1.29 is 14.6 Å². The van der Waals surface area contributed by atoms with Crippen molar-refractivity contribution in [1.29, 1.82) is 0 Å². The van der Waals surface area contributed by atoms with Crippen molar-refractivity contribution >= 4 is 5.97 Å². The highest BCUT2D eigenvalue weighted by Crippen LogP contribution is 2.29. The van der Waals surface area contributed by atoms with Crippen molar-refractivity contribution in [3.8, 4) is 0 Å². The van der Waals surface area contributed by atoms with Crippen LogP contribution in [0, 0.1) is 23.7 Å². The van der Waals surface area contributed by atoms with Gasteiger partial charge >= 0.3 is 5.97 Å². The Balaban J connectivity index is 2.64. The number of carboxylic acids is 1. The van der Waals surface area contributed by atoms with Gasteiger partial charge in [0.2, 0.25) is 0 Å². The van der Waals surface area contributed by atoms with E-state index in [1.165, 1.54) is 0 Å². The first-order valence-corrected chi connectivity index (χ1v) is 6.35. The van der Waals surface area contributed by atoms with Crippen molar-refractivity contribution in [3.63, 3.8) is 0 Å². The molecule has 0 aliphatic carbocycles. The summed E-state index contributed by atoms with van der Waals surface area (Å²) in [7, 11) is 0. The molecule has 1 saturated heterocycles. The molecule has 0 aromatic heterocycles. The van der Waals surface area contributed by atoms with E-state index in [-0.39, 0.29) is 5.92 Å². The lowest BCUT2D eigenvalue weighted by molar-refractivity contribution is -0.144. The van der Waals surface area contributed by atoms with Gasteiger partial charge in [-0.1, -0.05) is 27.2 Å². The fourth-order valence-corrected chi connectivity index (χ4v) is 2.44. The van der Waals surface area contributed by atoms with Crippen LogP contribution < -0.4 is 0 Å². The van der Waals surface area contributed by atoms with Crippen molar-refractivity contribution in [2.75, 3.05) is 13.2 Å². The predicted octanol–water partition coefficient (Wildman–Crippen LogP) is 2.80. The molecule has 0 aromatic carbocycles. The first-order valence-electron chi connectivity index (χ1n) is 6.35. The normalized spacial score (nSPS) is 33.8. The Bertz CT molecular complexity index is 227. The average Bonchev–Trinajstić information content (AvgIpc) is 2.21. The van der Waals surface area contributed by atoms with E-state index < -0.39 is 5.97 Å². The summed E-state index contributed by atoms with van der Waals surface area (Å²) in [5, 5.41) is 9.20. The molecule has 0 radical (unpaired) electrons. The smallest absolute Gasteiger partial charge is 0.306 e. The molecule has 0 spiro atoms. The third-order valence-corrected chi connectivity index (χ3v) is 3.81. The molecular formula is C13H24O3. The minimum Gasteiger partial charge on any atom is -0.481 e. The van der Waals surface area contributed by atoms with E-state index in [9.17, 15) is 9.90 Å². The molecule has 1 rings (SSSR count). The van der Waals surface area contributed by atoms with E-state index in [0.29, 0.717) is 24.4 Å². The maximum atomic E-state index is 11.2. The van der Waals surface area contributed by atoms with Gasteiger partial charge in [0, 0.05) is 13.2 Å². The zero-order valence-corrected chi connectivity index (χ0v) is 10.6. The number of hydrogen-bond acceptors (Lipinski definition) is 2. The summed E-state index contributed by atoms with van der Waals surface area (Å²) in [6.07, 6.45) is 2.62. The monoisotopic (exact) mass is 228 g/mol. The number of hydrogen-bond donors (Lipinski definition) is 1. The second-order valence-electron chi connectivity index (χ2n) is 5.29. The molecule has 1 N–H and O–H groups in total. The van der Waals surface area contributed by atoms with Crippen LogP contribution in [0.25, 0.3) is 0 Å². The Morgan fingerprint density at radius 2 is 2.12 bits per heavy atom. The quantitative estimate of drug-likeness (QED) is 0.808. The van der Waals surface area contributed by atoms with Crippen molar-refractivity contribution in [2.45, 2.75) is 40.0 Å². The topological polar surface area (TPSA) is 46.5 Å². The maximum Gasteiger partial charge on any atom is 0.306 e. The molecule has 1 heterocycles. The molecule has 16 heavy (non-hydrogen) atoms. The standard InChI is InChI=1S/C13H24O3/c1-4-10(3)12-6-11(13(14)15)5-9(2)7-16-8-12/h9-12H,4-8H2,1-3H3,(H,14,15). The second kappa shape index (κ2) is 6.24. The highest BCUT2D eigenvalue weighted by Gasteiger charge is 2.29. The van der Waals surface area contributed by atoms with Crippen LogP contribution in [0.3, 0.4) is 0 Å². The summed E-state index contributed by atoms with van der Waals surface area (Å²) < 4.78 is 5.66. The number of aliphatic carboxylic acids is 1. The largest absolute Gasteiger partial charge is 0.481 e. The zero-order valence-electron chi connectivity index (χ0n) is 10.6. The summed E-state index contributed by atoms with van der Waals surface area (Å²) >= 11 is 0. The lowest BCUT2D eigenvalue weighted by atomic mass is 9.80. The molecule has 1 fully saturated rings. The average molecular weight is 228 g/mol. The molecule has 3 heteroatoms. The molecule has 0 saturated carbocycles. The van der Waals surface area contributed by atoms with E-state index >= 15 is 0 Å². The van der Waals surface area contributed by atoms with Crippen LogP contribution in [0.5, 0.6) is 0 Å². The van der Waals surface area contributed by atoms with Gasteiger partial charge in [-0.15, -0.1) is 0 Å². The van der Waals surface area contributed by atoms with Gasteiger partial charge in [0.1, 0.15) is 0 Å². The lowest BCUT2D eigenvalue weighted by Gasteiger charge is -2.30. The molecule has 0 bridgehead atoms. The summed E-state index contributed by atoms with van der Waals surface area (Å²) in [5.74, 6) is 0.493. The molecule has 0 aromatic rings. The number of ether oxygens (including phenoxy) is 1. The van der Waals surface area contributed by atoms with Gasteiger partial charge in [0.25, 0.3) is 0 Å². The van der Waals surface area contributed by atoms with Gasteiger partial charge in [-0.25, -0.2) is 0 Å². The number of rotatable bonds is 3. The molecular weight excluding hydrogens is 204 g/mol. The summed E-state index contributed by atoms with van der Waals surface area (Å²) in [4.78, 5) is 11.2. The van der Waals surface area contributed by atoms with Gasteiger partial charge in [-0.3, -0.25) is 4.79 Å². The SMILES string of the molecule is CCC(C)C1COCC(C)CC(C(=O)O)C1. The summed E-state index contributed by atoms with van der Waals surface area (Å²) in [6.45, 7) is 7.85. The number of carbonyl (C=O) groups is 1. The van der Waals surface area contributed by atoms with Crippen LogP contribution in [-0.2, 0) is 9.53 Å². The van der Waals surface area contributed by atoms with E-state index in [2.05, 4.69) is 20.8 Å². The fourth-order valence-electron chi connectivity index (χ4n) is 2.44. The predicted molar refractivity (Wildman–Crippen MR) is 63.3 cm³/mol. The van der Waals surface area contributed by atoms with Gasteiger partial charge in [0.15, 0.2) is 0 Å². The number of carboxylic acid groups (broad SMARTS) is 1. The van der Waals surface area contributed by atoms with Gasteiger partial charge in [-0.2, -0.15) is 0 Å². The van der Waals surface area contributed by atoms with Crippen LogP contribution in [0.4, 0.5) is 0 Å². The lowest BCUT2D eigenvalue weighted by Crippen LogP contribution is -2.30. The van der Waals surface area contributed by atoms with E-state index in [4.69, 9.17) is 4.74 Å². The first-order chi connectivity index (χ1) is 7.54. The highest BCUT2D eigenvalue weighted by molar-refractivity contribution is 5.69. The van der Waals surface area contributed by atoms with E-state index in [1.807, 2.05) is 0 Å². The Kier molecular flexibility index (Phi) is 5.26. The maximum absolute atomic E-state index is 11.2. The molecule has 94 valence electrons. The van der Waals surface area contributed by atoms with Gasteiger partial charge in [-0.05, 0) is 30.6 Å². The molecule has 4 unspecified atom stereocenters. The molecule has 0 amide bonds. The summed E-state index contributed by atoms with van der Waals surface area (Å²) in [6, 6.07) is 0. The Labute approximate surface area is 98.2 Å². The Morgan fingerprint density at radius 1 is 1.44 bits per heavy atom. The highest BCUT2D eigenvalue weighted by atomic mass is 16.5. The molecule has 4 atom stereocenters. The van der Waals surface area contributed by atoms with E-state index in [1.54, 1.807) is 0 Å². The molecule has 3 nitrogen and oxygen atoms in total.